The second kappa shape index (κ2) is 13.8. The molecule has 0 aliphatic rings. The summed E-state index contributed by atoms with van der Waals surface area (Å²) < 4.78 is 51.5. The zero-order valence-electron chi connectivity index (χ0n) is 24.4. The van der Waals surface area contributed by atoms with Gasteiger partial charge in [0.1, 0.15) is 0 Å². The highest BCUT2D eigenvalue weighted by Gasteiger charge is 2.50. The first-order valence-corrected chi connectivity index (χ1v) is 19.3. The Morgan fingerprint density at radius 2 is 1.48 bits per heavy atom. The van der Waals surface area contributed by atoms with E-state index in [0.29, 0.717) is 22.3 Å². The molecule has 2 unspecified atom stereocenters. The minimum absolute atomic E-state index is 0.0376. The van der Waals surface area contributed by atoms with Gasteiger partial charge in [0, 0.05) is 28.3 Å². The van der Waals surface area contributed by atoms with Crippen LogP contribution in [0.3, 0.4) is 0 Å². The zero-order valence-corrected chi connectivity index (χ0v) is 28.6. The van der Waals surface area contributed by atoms with Crippen LogP contribution in [-0.2, 0) is 27.0 Å². The van der Waals surface area contributed by atoms with Crippen LogP contribution in [0.5, 0.6) is 0 Å². The maximum absolute atomic E-state index is 13.9. The average molecular weight is 749 g/mol. The van der Waals surface area contributed by atoms with Crippen LogP contribution in [0, 0.1) is 0 Å². The Hall–Kier alpha value is -2.72. The third-order valence-electron chi connectivity index (χ3n) is 7.57. The maximum Gasteiger partial charge on any atom is 0.399 e. The van der Waals surface area contributed by atoms with Gasteiger partial charge in [-0.15, -0.1) is 11.8 Å². The van der Waals surface area contributed by atoms with E-state index in [0.717, 1.165) is 40.9 Å². The molecule has 5 rings (SSSR count). The lowest BCUT2D eigenvalue weighted by molar-refractivity contribution is 0.0564. The van der Waals surface area contributed by atoms with Gasteiger partial charge in [-0.1, -0.05) is 108 Å². The van der Waals surface area contributed by atoms with Gasteiger partial charge < -0.3 is 19.6 Å². The number of benzene rings is 4. The fourth-order valence-electron chi connectivity index (χ4n) is 5.03. The molecule has 0 amide bonds. The topological polar surface area (TPSA) is 128 Å². The Morgan fingerprint density at radius 3 is 2.09 bits per heavy atom. The molecule has 0 aliphatic heterocycles. The highest BCUT2D eigenvalue weighted by molar-refractivity contribution is 9.11. The molecule has 4 aromatic carbocycles. The minimum Gasteiger partial charge on any atom is -0.321 e. The summed E-state index contributed by atoms with van der Waals surface area (Å²) in [5.41, 5.74) is 0.179. The number of pyridine rings is 1. The predicted octanol–water partition coefficient (Wildman–Crippen LogP) is 8.60. The molecule has 0 aliphatic carbocycles. The van der Waals surface area contributed by atoms with Gasteiger partial charge >= 0.3 is 20.9 Å². The normalized spacial score (nSPS) is 13.9. The maximum atomic E-state index is 13.9. The van der Waals surface area contributed by atoms with E-state index in [1.807, 2.05) is 79.7 Å². The van der Waals surface area contributed by atoms with Crippen LogP contribution < -0.4 is 5.30 Å². The Bertz CT molecular complexity index is 1940. The molecule has 0 radical (unpaired) electrons. The van der Waals surface area contributed by atoms with E-state index >= 15 is 0 Å². The molecule has 46 heavy (non-hydrogen) atoms. The van der Waals surface area contributed by atoms with Crippen molar-refractivity contribution in [2.24, 2.45) is 0 Å². The van der Waals surface area contributed by atoms with Crippen molar-refractivity contribution in [3.63, 3.8) is 0 Å². The van der Waals surface area contributed by atoms with Gasteiger partial charge in [-0.3, -0.25) is 14.1 Å². The van der Waals surface area contributed by atoms with Crippen LogP contribution >= 0.6 is 42.9 Å². The number of halogens is 3. The van der Waals surface area contributed by atoms with Crippen molar-refractivity contribution < 1.29 is 37.5 Å². The fourth-order valence-corrected chi connectivity index (χ4v) is 7.86. The van der Waals surface area contributed by atoms with Crippen molar-refractivity contribution in [1.82, 2.24) is 4.98 Å². The van der Waals surface area contributed by atoms with Crippen molar-refractivity contribution in [1.29, 1.82) is 0 Å². The zero-order chi connectivity index (χ0) is 33.3. The summed E-state index contributed by atoms with van der Waals surface area (Å²) in [6.07, 6.45) is 0.743. The summed E-state index contributed by atoms with van der Waals surface area (Å²) in [5, 5.41) is 0.491. The Morgan fingerprint density at radius 1 is 0.826 bits per heavy atom. The summed E-state index contributed by atoms with van der Waals surface area (Å²) >= 11 is 5.11. The minimum atomic E-state index is -5.63. The lowest BCUT2D eigenvalue weighted by atomic mass is 9.96. The molecule has 1 aromatic heterocycles. The van der Waals surface area contributed by atoms with Gasteiger partial charge in [-0.05, 0) is 52.4 Å². The Kier molecular flexibility index (Phi) is 10.4. The molecule has 0 spiro atoms. The summed E-state index contributed by atoms with van der Waals surface area (Å²) in [6, 6.07) is 29.4. The SMILES string of the molecule is CC(Cc1ccccc1)c1ccc2cc(-c3ccc(C(Br)SCc4ccc(C(F)(F)P(=O)(O)O)cc4)cc3)cc(P(=O)(O)O)c2n1. The number of hydrogen-bond acceptors (Lipinski definition) is 4. The average Bonchev–Trinajstić information content (AvgIpc) is 3.02. The van der Waals surface area contributed by atoms with Crippen LogP contribution in [0.15, 0.2) is 103 Å². The molecule has 240 valence electrons. The molecule has 5 aromatic rings. The van der Waals surface area contributed by atoms with E-state index in [2.05, 4.69) is 15.9 Å². The number of hydrogen-bond donors (Lipinski definition) is 4. The van der Waals surface area contributed by atoms with Gasteiger partial charge in [0.05, 0.1) is 15.0 Å². The van der Waals surface area contributed by atoms with Gasteiger partial charge in [0.15, 0.2) is 0 Å². The van der Waals surface area contributed by atoms with E-state index in [-0.39, 0.29) is 20.9 Å². The van der Waals surface area contributed by atoms with Crippen LogP contribution in [0.1, 0.15) is 44.9 Å². The Balaban J connectivity index is 1.32. The summed E-state index contributed by atoms with van der Waals surface area (Å²) in [7, 11) is -10.3. The standard InChI is InChI=1S/C33H30BrF2NO6P2S/c1-21(17-22-5-3-2-4-6-22)29-16-13-26-18-27(19-30(31(26)37-29)44(38,39)40)24-9-11-25(12-10-24)32(34)46-20-23-7-14-28(15-8-23)33(35,36)45(41,42)43/h2-16,18-19,21,32H,17,20H2,1H3,(H2,38,39,40)(H2,41,42,43). The fraction of sp³-hybridized carbons (Fsp3) is 0.182. The molecule has 4 N–H and O–H groups in total. The first kappa shape index (κ1) is 34.6. The number of alkyl halides is 3. The van der Waals surface area contributed by atoms with E-state index < -0.39 is 26.4 Å². The van der Waals surface area contributed by atoms with Crippen LogP contribution in [0.25, 0.3) is 22.0 Å². The Labute approximate surface area is 277 Å². The molecular weight excluding hydrogens is 718 g/mol. The smallest absolute Gasteiger partial charge is 0.321 e. The van der Waals surface area contributed by atoms with Gasteiger partial charge in [-0.25, -0.2) is 0 Å². The molecule has 0 saturated carbocycles. The van der Waals surface area contributed by atoms with Crippen molar-refractivity contribution >= 4 is 59.1 Å². The van der Waals surface area contributed by atoms with Crippen molar-refractivity contribution in [3.8, 4) is 11.1 Å². The van der Waals surface area contributed by atoms with Crippen molar-refractivity contribution in [2.75, 3.05) is 0 Å². The molecule has 1 heterocycles. The van der Waals surface area contributed by atoms with Crippen LogP contribution in [0.2, 0.25) is 0 Å². The molecule has 0 bridgehead atoms. The molecule has 13 heteroatoms. The van der Waals surface area contributed by atoms with Gasteiger partial charge in [-0.2, -0.15) is 8.78 Å². The quantitative estimate of drug-likeness (QED) is 0.0782. The largest absolute Gasteiger partial charge is 0.399 e. The third-order valence-corrected chi connectivity index (χ3v) is 11.9. The van der Waals surface area contributed by atoms with E-state index in [1.165, 1.54) is 30.0 Å². The van der Waals surface area contributed by atoms with Gasteiger partial charge in [0.2, 0.25) is 0 Å². The van der Waals surface area contributed by atoms with Crippen LogP contribution in [-0.4, -0.2) is 24.6 Å². The van der Waals surface area contributed by atoms with Gasteiger partial charge in [0.25, 0.3) is 0 Å². The highest BCUT2D eigenvalue weighted by atomic mass is 79.9. The molecule has 0 saturated heterocycles. The molecule has 2 atom stereocenters. The predicted molar refractivity (Wildman–Crippen MR) is 183 cm³/mol. The van der Waals surface area contributed by atoms with Crippen molar-refractivity contribution in [3.05, 3.63) is 131 Å². The van der Waals surface area contributed by atoms with E-state index in [4.69, 9.17) is 14.8 Å². The third kappa shape index (κ3) is 7.87. The summed E-state index contributed by atoms with van der Waals surface area (Å²) in [4.78, 5) is 43.1. The number of aromatic nitrogens is 1. The molecule has 0 fully saturated rings. The van der Waals surface area contributed by atoms with E-state index in [9.17, 15) is 27.7 Å². The molecule has 7 nitrogen and oxygen atoms in total. The number of fused-ring (bicyclic) bond motifs is 1. The first-order chi connectivity index (χ1) is 21.6. The number of thioether (sulfide) groups is 1. The first-order valence-electron chi connectivity index (χ1n) is 14.1. The lowest BCUT2D eigenvalue weighted by Crippen LogP contribution is -2.13. The second-order valence-electron chi connectivity index (χ2n) is 11.0. The summed E-state index contributed by atoms with van der Waals surface area (Å²) in [6.45, 7) is 2.04. The monoisotopic (exact) mass is 747 g/mol. The lowest BCUT2D eigenvalue weighted by Gasteiger charge is -2.18. The second-order valence-corrected chi connectivity index (χ2v) is 16.8. The number of rotatable bonds is 11. The number of nitrogens with zero attached hydrogens (tertiary/aromatic N) is 1. The summed E-state index contributed by atoms with van der Waals surface area (Å²) in [5.74, 6) is 0.477. The van der Waals surface area contributed by atoms with Crippen molar-refractivity contribution in [2.45, 2.75) is 34.8 Å². The van der Waals surface area contributed by atoms with E-state index in [1.54, 1.807) is 0 Å². The molecular formula is C33H30BrF2NO6P2S. The highest BCUT2D eigenvalue weighted by Crippen LogP contribution is 2.59. The van der Waals surface area contributed by atoms with Crippen LogP contribution in [0.4, 0.5) is 8.78 Å².